The summed E-state index contributed by atoms with van der Waals surface area (Å²) in [6, 6.07) is 8.13. The number of piperidine rings is 1. The zero-order chi connectivity index (χ0) is 19.5. The van der Waals surface area contributed by atoms with Crippen LogP contribution >= 0.6 is 0 Å². The summed E-state index contributed by atoms with van der Waals surface area (Å²) in [6.45, 7) is 8.12. The predicted octanol–water partition coefficient (Wildman–Crippen LogP) is 4.48. The van der Waals surface area contributed by atoms with Crippen molar-refractivity contribution in [1.82, 2.24) is 9.47 Å². The number of amides is 1. The third-order valence-electron chi connectivity index (χ3n) is 6.16. The number of hydrogen-bond donors (Lipinski definition) is 0. The van der Waals surface area contributed by atoms with Crippen LogP contribution in [0.2, 0.25) is 0 Å². The molecule has 2 fully saturated rings. The monoisotopic (exact) mass is 384 g/mol. The molecule has 0 aliphatic carbocycles. The number of fused-ring (bicyclic) bond motifs is 1. The fourth-order valence-corrected chi connectivity index (χ4v) is 4.44. The van der Waals surface area contributed by atoms with Crippen molar-refractivity contribution < 1.29 is 14.3 Å². The summed E-state index contributed by atoms with van der Waals surface area (Å²) >= 11 is 0. The van der Waals surface area contributed by atoms with E-state index in [1.54, 1.807) is 0 Å². The van der Waals surface area contributed by atoms with Crippen molar-refractivity contribution in [2.75, 3.05) is 26.3 Å². The van der Waals surface area contributed by atoms with Gasteiger partial charge < -0.3 is 18.9 Å². The van der Waals surface area contributed by atoms with E-state index in [-0.39, 0.29) is 12.0 Å². The lowest BCUT2D eigenvalue weighted by molar-refractivity contribution is 0.00615. The second-order valence-corrected chi connectivity index (χ2v) is 8.23. The molecule has 1 unspecified atom stereocenters. The topological polar surface area (TPSA) is 43.7 Å². The molecule has 0 N–H and O–H groups in total. The molecule has 1 amide bonds. The van der Waals surface area contributed by atoms with E-state index in [0.717, 1.165) is 74.3 Å². The van der Waals surface area contributed by atoms with Gasteiger partial charge in [0, 0.05) is 31.6 Å². The molecule has 0 spiro atoms. The van der Waals surface area contributed by atoms with Crippen LogP contribution in [0.1, 0.15) is 56.4 Å². The molecular formula is C23H32N2O3. The number of carbonyl (C=O) groups is 1. The van der Waals surface area contributed by atoms with Crippen LogP contribution in [-0.4, -0.2) is 47.8 Å². The van der Waals surface area contributed by atoms with E-state index in [1.165, 1.54) is 6.42 Å². The average Bonchev–Trinajstić information content (AvgIpc) is 3.08. The molecule has 3 heterocycles. The normalized spacial score (nSPS) is 21.2. The van der Waals surface area contributed by atoms with Gasteiger partial charge in [-0.15, -0.1) is 0 Å². The molecule has 0 saturated carbocycles. The first-order chi connectivity index (χ1) is 13.7. The third-order valence-corrected chi connectivity index (χ3v) is 6.16. The van der Waals surface area contributed by atoms with Crippen molar-refractivity contribution in [3.63, 3.8) is 0 Å². The Balaban J connectivity index is 1.71. The maximum absolute atomic E-state index is 13.4. The molecule has 5 heteroatoms. The van der Waals surface area contributed by atoms with Crippen molar-refractivity contribution >= 4 is 16.8 Å². The Morgan fingerprint density at radius 2 is 2.04 bits per heavy atom. The molecule has 28 heavy (non-hydrogen) atoms. The number of likely N-dealkylation sites (tertiary alicyclic amines) is 1. The first kappa shape index (κ1) is 19.3. The van der Waals surface area contributed by atoms with Crippen LogP contribution in [0.25, 0.3) is 10.9 Å². The van der Waals surface area contributed by atoms with E-state index in [0.29, 0.717) is 12.5 Å². The largest absolute Gasteiger partial charge is 0.493 e. The average molecular weight is 385 g/mol. The molecule has 2 aliphatic rings. The molecular weight excluding hydrogens is 352 g/mol. The van der Waals surface area contributed by atoms with Crippen molar-refractivity contribution in [1.29, 1.82) is 0 Å². The first-order valence-corrected chi connectivity index (χ1v) is 10.8. The lowest BCUT2D eigenvalue weighted by Gasteiger charge is -2.31. The van der Waals surface area contributed by atoms with E-state index in [1.807, 2.05) is 30.0 Å². The van der Waals surface area contributed by atoms with E-state index in [4.69, 9.17) is 9.47 Å². The van der Waals surface area contributed by atoms with E-state index < -0.39 is 0 Å². The van der Waals surface area contributed by atoms with Crippen LogP contribution in [0.3, 0.4) is 0 Å². The number of aromatic nitrogens is 1. The van der Waals surface area contributed by atoms with Crippen molar-refractivity contribution in [3.8, 4) is 5.75 Å². The Bertz CT molecular complexity index is 815. The van der Waals surface area contributed by atoms with Crippen LogP contribution < -0.4 is 4.74 Å². The SMILES string of the molecule is CCOc1cccc2c1cc(C(=O)N1CCC(C)CC1)n2CC1CCCCO1. The predicted molar refractivity (Wildman–Crippen MR) is 111 cm³/mol. The standard InChI is InChI=1S/C23H32N2O3/c1-3-27-22-9-6-8-20-19(22)15-21(23(26)24-12-10-17(2)11-13-24)25(20)16-18-7-4-5-14-28-18/h6,8-9,15,17-18H,3-5,7,10-14,16H2,1-2H3. The van der Waals surface area contributed by atoms with Gasteiger partial charge in [-0.2, -0.15) is 0 Å². The van der Waals surface area contributed by atoms with E-state index in [9.17, 15) is 4.79 Å². The second kappa shape index (κ2) is 8.56. The van der Waals surface area contributed by atoms with E-state index in [2.05, 4.69) is 17.6 Å². The highest BCUT2D eigenvalue weighted by atomic mass is 16.5. The van der Waals surface area contributed by atoms with Crippen LogP contribution in [0.5, 0.6) is 5.75 Å². The number of rotatable bonds is 5. The third kappa shape index (κ3) is 3.90. The van der Waals surface area contributed by atoms with Crippen LogP contribution in [0.4, 0.5) is 0 Å². The number of hydrogen-bond acceptors (Lipinski definition) is 3. The summed E-state index contributed by atoms with van der Waals surface area (Å²) in [4.78, 5) is 15.5. The minimum atomic E-state index is 0.140. The van der Waals surface area contributed by atoms with Gasteiger partial charge >= 0.3 is 0 Å². The molecule has 1 atom stereocenters. The van der Waals surface area contributed by atoms with Crippen molar-refractivity contribution in [3.05, 3.63) is 30.0 Å². The van der Waals surface area contributed by atoms with Gasteiger partial charge in [0.25, 0.3) is 5.91 Å². The maximum Gasteiger partial charge on any atom is 0.270 e. The lowest BCUT2D eigenvalue weighted by Crippen LogP contribution is -2.39. The number of benzene rings is 1. The summed E-state index contributed by atoms with van der Waals surface area (Å²) in [5, 5.41) is 1.02. The van der Waals surface area contributed by atoms with Gasteiger partial charge in [0.2, 0.25) is 0 Å². The fraction of sp³-hybridized carbons (Fsp3) is 0.609. The smallest absolute Gasteiger partial charge is 0.270 e. The molecule has 0 radical (unpaired) electrons. The van der Waals surface area contributed by atoms with Gasteiger partial charge in [-0.3, -0.25) is 4.79 Å². The molecule has 0 bridgehead atoms. The number of ether oxygens (including phenoxy) is 2. The van der Waals surface area contributed by atoms with Gasteiger partial charge in [0.1, 0.15) is 11.4 Å². The minimum absolute atomic E-state index is 0.140. The molecule has 4 rings (SSSR count). The number of nitrogens with zero attached hydrogens (tertiary/aromatic N) is 2. The first-order valence-electron chi connectivity index (χ1n) is 10.8. The second-order valence-electron chi connectivity index (χ2n) is 8.23. The summed E-state index contributed by atoms with van der Waals surface area (Å²) in [5.41, 5.74) is 1.83. The highest BCUT2D eigenvalue weighted by Crippen LogP contribution is 2.31. The Labute approximate surface area is 167 Å². The summed E-state index contributed by atoms with van der Waals surface area (Å²) in [7, 11) is 0. The number of carbonyl (C=O) groups excluding carboxylic acids is 1. The van der Waals surface area contributed by atoms with Crippen LogP contribution in [0, 0.1) is 5.92 Å². The molecule has 1 aromatic heterocycles. The summed E-state index contributed by atoms with van der Waals surface area (Å²) < 4.78 is 14.0. The zero-order valence-corrected chi connectivity index (χ0v) is 17.2. The fourth-order valence-electron chi connectivity index (χ4n) is 4.44. The Morgan fingerprint density at radius 1 is 1.21 bits per heavy atom. The Hall–Kier alpha value is -2.01. The molecule has 5 nitrogen and oxygen atoms in total. The highest BCUT2D eigenvalue weighted by Gasteiger charge is 2.27. The molecule has 2 aromatic rings. The highest BCUT2D eigenvalue weighted by molar-refractivity contribution is 6.00. The molecule has 2 saturated heterocycles. The van der Waals surface area contributed by atoms with Gasteiger partial charge in [0.15, 0.2) is 0 Å². The van der Waals surface area contributed by atoms with Crippen molar-refractivity contribution in [2.45, 2.75) is 58.6 Å². The van der Waals surface area contributed by atoms with Crippen LogP contribution in [-0.2, 0) is 11.3 Å². The Morgan fingerprint density at radius 3 is 2.75 bits per heavy atom. The zero-order valence-electron chi connectivity index (χ0n) is 17.2. The van der Waals surface area contributed by atoms with Crippen LogP contribution in [0.15, 0.2) is 24.3 Å². The lowest BCUT2D eigenvalue weighted by atomic mass is 9.99. The minimum Gasteiger partial charge on any atom is -0.493 e. The van der Waals surface area contributed by atoms with E-state index >= 15 is 0 Å². The van der Waals surface area contributed by atoms with Gasteiger partial charge in [-0.1, -0.05) is 13.0 Å². The molecule has 152 valence electrons. The Kier molecular flexibility index (Phi) is 5.90. The van der Waals surface area contributed by atoms with Gasteiger partial charge in [-0.25, -0.2) is 0 Å². The molecule has 1 aromatic carbocycles. The van der Waals surface area contributed by atoms with Gasteiger partial charge in [-0.05, 0) is 63.1 Å². The summed E-state index contributed by atoms with van der Waals surface area (Å²) in [5.74, 6) is 1.70. The molecule has 2 aliphatic heterocycles. The van der Waals surface area contributed by atoms with Crippen molar-refractivity contribution in [2.24, 2.45) is 5.92 Å². The maximum atomic E-state index is 13.4. The van der Waals surface area contributed by atoms with Gasteiger partial charge in [0.05, 0.1) is 18.2 Å². The summed E-state index contributed by atoms with van der Waals surface area (Å²) in [6.07, 6.45) is 5.73. The quantitative estimate of drug-likeness (QED) is 0.763.